The van der Waals surface area contributed by atoms with Crippen LogP contribution in [0.25, 0.3) is 0 Å². The second-order valence-corrected chi connectivity index (χ2v) is 12.3. The highest BCUT2D eigenvalue weighted by atomic mass is 79.9. The molecule has 0 heterocycles. The molecule has 3 rings (SSSR count). The largest absolute Gasteiger partial charge is 0.352 e. The molecule has 0 aromatic heterocycles. The Bertz CT molecular complexity index is 1150. The van der Waals surface area contributed by atoms with Crippen LogP contribution in [-0.4, -0.2) is 50.0 Å². The fourth-order valence-corrected chi connectivity index (χ4v) is 5.77. The van der Waals surface area contributed by atoms with Gasteiger partial charge in [0.05, 0.1) is 11.9 Å². The van der Waals surface area contributed by atoms with Gasteiger partial charge in [-0.1, -0.05) is 66.4 Å². The predicted octanol–water partition coefficient (Wildman–Crippen LogP) is 4.78. The van der Waals surface area contributed by atoms with Crippen LogP contribution in [0.3, 0.4) is 0 Å². The molecule has 9 heteroatoms. The Morgan fingerprint density at radius 1 is 1.06 bits per heavy atom. The molecule has 0 saturated heterocycles. The summed E-state index contributed by atoms with van der Waals surface area (Å²) in [6.07, 6.45) is 6.75. The average Bonchev–Trinajstić information content (AvgIpc) is 2.84. The van der Waals surface area contributed by atoms with Gasteiger partial charge in [0.2, 0.25) is 21.8 Å². The summed E-state index contributed by atoms with van der Waals surface area (Å²) < 4.78 is 27.3. The molecular formula is C27H36BrN3O4S. The smallest absolute Gasteiger partial charge is 0.244 e. The minimum atomic E-state index is -3.75. The molecule has 0 unspecified atom stereocenters. The van der Waals surface area contributed by atoms with E-state index in [4.69, 9.17) is 0 Å². The minimum Gasteiger partial charge on any atom is -0.352 e. The fraction of sp³-hybridized carbons (Fsp3) is 0.481. The molecule has 1 fully saturated rings. The number of nitrogens with one attached hydrogen (secondary N) is 1. The quantitative estimate of drug-likeness (QED) is 0.440. The second-order valence-electron chi connectivity index (χ2n) is 9.46. The van der Waals surface area contributed by atoms with E-state index in [2.05, 4.69) is 21.2 Å². The first-order valence-corrected chi connectivity index (χ1v) is 15.1. The number of benzene rings is 2. The molecule has 36 heavy (non-hydrogen) atoms. The van der Waals surface area contributed by atoms with Crippen molar-refractivity contribution in [2.75, 3.05) is 17.1 Å². The summed E-state index contributed by atoms with van der Waals surface area (Å²) >= 11 is 3.36. The maximum atomic E-state index is 13.8. The van der Waals surface area contributed by atoms with Crippen LogP contribution >= 0.6 is 15.9 Å². The molecule has 2 amide bonds. The van der Waals surface area contributed by atoms with Gasteiger partial charge in [0.15, 0.2) is 0 Å². The van der Waals surface area contributed by atoms with E-state index in [1.54, 1.807) is 24.3 Å². The third kappa shape index (κ3) is 7.56. The van der Waals surface area contributed by atoms with Gasteiger partial charge >= 0.3 is 0 Å². The molecule has 0 spiro atoms. The van der Waals surface area contributed by atoms with Gasteiger partial charge in [-0.3, -0.25) is 13.9 Å². The van der Waals surface area contributed by atoms with Gasteiger partial charge in [-0.05, 0) is 61.6 Å². The third-order valence-corrected chi connectivity index (χ3v) is 8.40. The first-order chi connectivity index (χ1) is 17.1. The topological polar surface area (TPSA) is 86.8 Å². The van der Waals surface area contributed by atoms with Crippen molar-refractivity contribution >= 4 is 43.5 Å². The highest BCUT2D eigenvalue weighted by molar-refractivity contribution is 9.10. The van der Waals surface area contributed by atoms with Crippen molar-refractivity contribution < 1.29 is 18.0 Å². The molecule has 2 aromatic carbocycles. The highest BCUT2D eigenvalue weighted by Gasteiger charge is 2.33. The van der Waals surface area contributed by atoms with Crippen molar-refractivity contribution in [1.82, 2.24) is 10.2 Å². The number of aryl methyl sites for hydroxylation is 1. The Balaban J connectivity index is 1.91. The number of rotatable bonds is 10. The molecule has 1 N–H and O–H groups in total. The van der Waals surface area contributed by atoms with E-state index in [-0.39, 0.29) is 25.0 Å². The van der Waals surface area contributed by atoms with Crippen LogP contribution in [0.15, 0.2) is 53.0 Å². The summed E-state index contributed by atoms with van der Waals surface area (Å²) in [4.78, 5) is 28.7. The average molecular weight is 579 g/mol. The number of amides is 2. The monoisotopic (exact) mass is 577 g/mol. The predicted molar refractivity (Wildman–Crippen MR) is 147 cm³/mol. The lowest BCUT2D eigenvalue weighted by molar-refractivity contribution is -0.140. The zero-order chi connectivity index (χ0) is 26.3. The number of halogens is 1. The standard InChI is InChI=1S/C27H36BrN3O4S/c1-4-25(27(33)29-23-12-6-5-7-13-23)30(18-21-11-9-8-10-20(21)2)26(32)19-31(36(3,34)35)24-16-14-22(28)15-17-24/h8-11,14-17,23,25H,4-7,12-13,18-19H2,1-3H3,(H,29,33)/t25-/m1/s1. The van der Waals surface area contributed by atoms with Crippen LogP contribution < -0.4 is 9.62 Å². The molecule has 0 radical (unpaired) electrons. The molecule has 1 atom stereocenters. The Morgan fingerprint density at radius 3 is 2.28 bits per heavy atom. The van der Waals surface area contributed by atoms with E-state index in [0.717, 1.165) is 51.8 Å². The van der Waals surface area contributed by atoms with Gasteiger partial charge in [-0.2, -0.15) is 0 Å². The summed E-state index contributed by atoms with van der Waals surface area (Å²) in [5.41, 5.74) is 2.32. The van der Waals surface area contributed by atoms with Gasteiger partial charge in [0, 0.05) is 17.1 Å². The lowest BCUT2D eigenvalue weighted by Gasteiger charge is -2.34. The number of sulfonamides is 1. The first kappa shape index (κ1) is 28.2. The lowest BCUT2D eigenvalue weighted by Crippen LogP contribution is -2.54. The second kappa shape index (κ2) is 12.7. The van der Waals surface area contributed by atoms with Gasteiger partial charge in [-0.25, -0.2) is 8.42 Å². The number of hydrogen-bond donors (Lipinski definition) is 1. The van der Waals surface area contributed by atoms with E-state index in [0.29, 0.717) is 12.1 Å². The van der Waals surface area contributed by atoms with Crippen LogP contribution in [0.1, 0.15) is 56.6 Å². The first-order valence-electron chi connectivity index (χ1n) is 12.5. The van der Waals surface area contributed by atoms with Crippen molar-refractivity contribution in [2.24, 2.45) is 0 Å². The molecule has 196 valence electrons. The van der Waals surface area contributed by atoms with E-state index in [1.807, 2.05) is 38.1 Å². The molecule has 1 aliphatic rings. The molecule has 7 nitrogen and oxygen atoms in total. The number of carbonyl (C=O) groups is 2. The van der Waals surface area contributed by atoms with Crippen molar-refractivity contribution in [3.05, 3.63) is 64.1 Å². The minimum absolute atomic E-state index is 0.117. The molecular weight excluding hydrogens is 542 g/mol. The Labute approximate surface area is 223 Å². The van der Waals surface area contributed by atoms with Crippen molar-refractivity contribution in [2.45, 2.75) is 71.0 Å². The number of nitrogens with zero attached hydrogens (tertiary/aromatic N) is 2. The molecule has 0 bridgehead atoms. The normalized spacial score (nSPS) is 15.2. The SMILES string of the molecule is CC[C@H](C(=O)NC1CCCCC1)N(Cc1ccccc1C)C(=O)CN(c1ccc(Br)cc1)S(C)(=O)=O. The van der Waals surface area contributed by atoms with E-state index >= 15 is 0 Å². The van der Waals surface area contributed by atoms with Crippen LogP contribution in [0.4, 0.5) is 5.69 Å². The third-order valence-electron chi connectivity index (χ3n) is 6.73. The summed E-state index contributed by atoms with van der Waals surface area (Å²) in [7, 11) is -3.75. The summed E-state index contributed by atoms with van der Waals surface area (Å²) in [5, 5.41) is 3.16. The van der Waals surface area contributed by atoms with Crippen molar-refractivity contribution in [3.8, 4) is 0 Å². The van der Waals surface area contributed by atoms with E-state index in [1.165, 1.54) is 11.3 Å². The Hall–Kier alpha value is -2.39. The van der Waals surface area contributed by atoms with Crippen LogP contribution in [0, 0.1) is 6.92 Å². The number of anilines is 1. The van der Waals surface area contributed by atoms with E-state index in [9.17, 15) is 18.0 Å². The van der Waals surface area contributed by atoms with Gasteiger partial charge in [0.1, 0.15) is 12.6 Å². The molecule has 2 aromatic rings. The van der Waals surface area contributed by atoms with Gasteiger partial charge in [-0.15, -0.1) is 0 Å². The number of hydrogen-bond acceptors (Lipinski definition) is 4. The molecule has 1 saturated carbocycles. The number of carbonyl (C=O) groups excluding carboxylic acids is 2. The Kier molecular flexibility index (Phi) is 9.96. The van der Waals surface area contributed by atoms with E-state index < -0.39 is 22.0 Å². The summed E-state index contributed by atoms with van der Waals surface area (Å²) in [5.74, 6) is -0.599. The fourth-order valence-electron chi connectivity index (χ4n) is 4.66. The van der Waals surface area contributed by atoms with Crippen molar-refractivity contribution in [3.63, 3.8) is 0 Å². The lowest BCUT2D eigenvalue weighted by atomic mass is 9.95. The van der Waals surface area contributed by atoms with Crippen LogP contribution in [0.2, 0.25) is 0 Å². The zero-order valence-corrected chi connectivity index (χ0v) is 23.6. The maximum Gasteiger partial charge on any atom is 0.244 e. The maximum absolute atomic E-state index is 13.8. The molecule has 1 aliphatic carbocycles. The van der Waals surface area contributed by atoms with Crippen molar-refractivity contribution in [1.29, 1.82) is 0 Å². The van der Waals surface area contributed by atoms with Gasteiger partial charge in [0.25, 0.3) is 0 Å². The van der Waals surface area contributed by atoms with Gasteiger partial charge < -0.3 is 10.2 Å². The molecule has 0 aliphatic heterocycles. The summed E-state index contributed by atoms with van der Waals surface area (Å²) in [6.45, 7) is 3.68. The summed E-state index contributed by atoms with van der Waals surface area (Å²) in [6, 6.07) is 13.9. The zero-order valence-electron chi connectivity index (χ0n) is 21.2. The Morgan fingerprint density at radius 2 is 1.69 bits per heavy atom. The van der Waals surface area contributed by atoms with Crippen LogP contribution in [-0.2, 0) is 26.2 Å². The van der Waals surface area contributed by atoms with Crippen LogP contribution in [0.5, 0.6) is 0 Å². The highest BCUT2D eigenvalue weighted by Crippen LogP contribution is 2.23.